The molecule has 4 aliphatic rings. The maximum Gasteiger partial charge on any atom is 0.223 e. The van der Waals surface area contributed by atoms with E-state index in [2.05, 4.69) is 5.32 Å². The molecule has 2 aliphatic carbocycles. The van der Waals surface area contributed by atoms with Crippen molar-refractivity contribution in [3.8, 4) is 0 Å². The molecule has 80 valence electrons. The van der Waals surface area contributed by atoms with E-state index in [0.717, 1.165) is 25.7 Å². The molecule has 2 heterocycles. The molecule has 2 saturated carbocycles. The van der Waals surface area contributed by atoms with E-state index < -0.39 is 0 Å². The van der Waals surface area contributed by atoms with Crippen LogP contribution in [0.5, 0.6) is 0 Å². The van der Waals surface area contributed by atoms with Crippen molar-refractivity contribution in [3.63, 3.8) is 0 Å². The summed E-state index contributed by atoms with van der Waals surface area (Å²) in [5.41, 5.74) is 6.27. The lowest BCUT2D eigenvalue weighted by Gasteiger charge is -2.44. The lowest BCUT2D eigenvalue weighted by atomic mass is 9.64. The third-order valence-corrected chi connectivity index (χ3v) is 3.95. The van der Waals surface area contributed by atoms with E-state index in [0.29, 0.717) is 12.0 Å². The van der Waals surface area contributed by atoms with Crippen molar-refractivity contribution in [2.24, 2.45) is 17.6 Å². The third kappa shape index (κ3) is 1.43. The van der Waals surface area contributed by atoms with Gasteiger partial charge in [-0.05, 0) is 38.0 Å². The highest BCUT2D eigenvalue weighted by molar-refractivity contribution is 5.85. The molecule has 0 aromatic carbocycles. The van der Waals surface area contributed by atoms with E-state index in [1.807, 2.05) is 0 Å². The fourth-order valence-corrected chi connectivity index (χ4v) is 3.67. The monoisotopic (exact) mass is 216 g/mol. The lowest BCUT2D eigenvalue weighted by Crippen LogP contribution is -2.52. The summed E-state index contributed by atoms with van der Waals surface area (Å²) in [4.78, 5) is 11.6. The highest BCUT2D eigenvalue weighted by Crippen LogP contribution is 2.46. The largest absolute Gasteiger partial charge is 0.353 e. The molecule has 3 nitrogen and oxygen atoms in total. The Morgan fingerprint density at radius 3 is 2.79 bits per heavy atom. The first kappa shape index (κ1) is 10.2. The minimum absolute atomic E-state index is 0. The molecule has 4 bridgehead atoms. The Hall–Kier alpha value is -0.280. The molecule has 4 heteroatoms. The lowest BCUT2D eigenvalue weighted by molar-refractivity contribution is -0.125. The van der Waals surface area contributed by atoms with E-state index in [9.17, 15) is 4.79 Å². The quantitative estimate of drug-likeness (QED) is 0.630. The zero-order chi connectivity index (χ0) is 9.05. The van der Waals surface area contributed by atoms with Gasteiger partial charge < -0.3 is 11.1 Å². The van der Waals surface area contributed by atoms with Gasteiger partial charge in [-0.1, -0.05) is 0 Å². The highest BCUT2D eigenvalue weighted by atomic mass is 35.5. The molecule has 0 radical (unpaired) electrons. The van der Waals surface area contributed by atoms with Crippen molar-refractivity contribution < 1.29 is 4.79 Å². The van der Waals surface area contributed by atoms with Crippen LogP contribution in [0.4, 0.5) is 0 Å². The molecule has 4 atom stereocenters. The van der Waals surface area contributed by atoms with Crippen LogP contribution in [0, 0.1) is 11.8 Å². The normalized spacial score (nSPS) is 49.5. The van der Waals surface area contributed by atoms with E-state index in [4.69, 9.17) is 5.73 Å². The summed E-state index contributed by atoms with van der Waals surface area (Å²) < 4.78 is 0. The van der Waals surface area contributed by atoms with Crippen molar-refractivity contribution in [1.82, 2.24) is 5.32 Å². The smallest absolute Gasteiger partial charge is 0.223 e. The van der Waals surface area contributed by atoms with Crippen LogP contribution in [-0.4, -0.2) is 17.5 Å². The van der Waals surface area contributed by atoms with Gasteiger partial charge in [0.15, 0.2) is 0 Å². The van der Waals surface area contributed by atoms with E-state index >= 15 is 0 Å². The van der Waals surface area contributed by atoms with Gasteiger partial charge in [0, 0.05) is 17.5 Å². The molecule has 1 amide bonds. The summed E-state index contributed by atoms with van der Waals surface area (Å²) in [6.45, 7) is 0. The molecular formula is C10H17ClN2O. The minimum Gasteiger partial charge on any atom is -0.353 e. The summed E-state index contributed by atoms with van der Waals surface area (Å²) in [6.07, 6.45) is 5.33. The van der Waals surface area contributed by atoms with Crippen LogP contribution in [0.2, 0.25) is 0 Å². The van der Waals surface area contributed by atoms with Crippen LogP contribution in [-0.2, 0) is 4.79 Å². The van der Waals surface area contributed by atoms with Gasteiger partial charge in [-0.25, -0.2) is 0 Å². The highest BCUT2D eigenvalue weighted by Gasteiger charge is 2.49. The molecule has 0 aromatic rings. The predicted molar refractivity (Wildman–Crippen MR) is 56.2 cm³/mol. The molecule has 3 N–H and O–H groups in total. The molecule has 14 heavy (non-hydrogen) atoms. The number of carbonyl (C=O) groups excluding carboxylic acids is 1. The third-order valence-electron chi connectivity index (χ3n) is 3.95. The maximum atomic E-state index is 11.6. The average Bonchev–Trinajstić information content (AvgIpc) is 2.12. The number of fused-ring (bicyclic) bond motifs is 1. The molecule has 4 fully saturated rings. The zero-order valence-electron chi connectivity index (χ0n) is 8.16. The van der Waals surface area contributed by atoms with Crippen LogP contribution in [0.1, 0.15) is 32.1 Å². The van der Waals surface area contributed by atoms with Crippen molar-refractivity contribution in [3.05, 3.63) is 0 Å². The number of nitrogens with two attached hydrogens (primary N) is 1. The SMILES string of the molecule is Cl.NC12CC3CC(C1)NC(=O)C(C3)C2. The first-order valence-electron chi connectivity index (χ1n) is 5.24. The van der Waals surface area contributed by atoms with Crippen molar-refractivity contribution >= 4 is 18.3 Å². The van der Waals surface area contributed by atoms with Gasteiger partial charge in [-0.2, -0.15) is 0 Å². The minimum atomic E-state index is -0.0182. The van der Waals surface area contributed by atoms with Crippen LogP contribution in [0.25, 0.3) is 0 Å². The number of halogens is 1. The second-order valence-corrected chi connectivity index (χ2v) is 5.21. The maximum absolute atomic E-state index is 11.6. The van der Waals surface area contributed by atoms with Gasteiger partial charge in [0.05, 0.1) is 0 Å². The molecule has 2 saturated heterocycles. The first-order chi connectivity index (χ1) is 6.15. The molecule has 0 aromatic heterocycles. The molecule has 0 spiro atoms. The molecule has 4 rings (SSSR count). The van der Waals surface area contributed by atoms with Crippen LogP contribution >= 0.6 is 12.4 Å². The van der Waals surface area contributed by atoms with Gasteiger partial charge in [0.1, 0.15) is 0 Å². The van der Waals surface area contributed by atoms with Crippen molar-refractivity contribution in [2.45, 2.75) is 43.7 Å². The zero-order valence-corrected chi connectivity index (χ0v) is 8.98. The second kappa shape index (κ2) is 3.11. The molecular weight excluding hydrogens is 200 g/mol. The summed E-state index contributed by atoms with van der Waals surface area (Å²) in [5, 5.41) is 3.11. The van der Waals surface area contributed by atoms with Gasteiger partial charge in [-0.3, -0.25) is 4.79 Å². The van der Waals surface area contributed by atoms with Gasteiger partial charge >= 0.3 is 0 Å². The van der Waals surface area contributed by atoms with Gasteiger partial charge in [-0.15, -0.1) is 12.4 Å². The number of rotatable bonds is 0. The summed E-state index contributed by atoms with van der Waals surface area (Å²) in [5.74, 6) is 1.19. The second-order valence-electron chi connectivity index (χ2n) is 5.21. The van der Waals surface area contributed by atoms with Crippen molar-refractivity contribution in [1.29, 1.82) is 0 Å². The topological polar surface area (TPSA) is 55.1 Å². The first-order valence-corrected chi connectivity index (χ1v) is 5.24. The number of carbonyl (C=O) groups is 1. The Morgan fingerprint density at radius 1 is 1.29 bits per heavy atom. The summed E-state index contributed by atoms with van der Waals surface area (Å²) >= 11 is 0. The molecule has 4 unspecified atom stereocenters. The number of amides is 1. The Balaban J connectivity index is 0.000000750. The van der Waals surface area contributed by atoms with Crippen LogP contribution in [0.15, 0.2) is 0 Å². The fraction of sp³-hybridized carbons (Fsp3) is 0.900. The number of nitrogens with one attached hydrogen (secondary N) is 1. The summed E-state index contributed by atoms with van der Waals surface area (Å²) in [6, 6.07) is 0.378. The predicted octanol–water partition coefficient (Wildman–Crippen LogP) is 0.814. The number of hydrogen-bond donors (Lipinski definition) is 2. The Bertz CT molecular complexity index is 271. The summed E-state index contributed by atoms with van der Waals surface area (Å²) in [7, 11) is 0. The Labute approximate surface area is 90.2 Å². The van der Waals surface area contributed by atoms with E-state index in [-0.39, 0.29) is 29.8 Å². The van der Waals surface area contributed by atoms with Crippen LogP contribution < -0.4 is 11.1 Å². The van der Waals surface area contributed by atoms with E-state index in [1.165, 1.54) is 6.42 Å². The number of hydrogen-bond acceptors (Lipinski definition) is 2. The fourth-order valence-electron chi connectivity index (χ4n) is 3.67. The van der Waals surface area contributed by atoms with Gasteiger partial charge in [0.25, 0.3) is 0 Å². The average molecular weight is 217 g/mol. The standard InChI is InChI=1S/C10H16N2O.ClH/c11-10-3-6-1-7(4-10)9(13)12-8(2-6)5-10;/h6-8H,1-5,11H2,(H,12,13);1H. The van der Waals surface area contributed by atoms with Crippen molar-refractivity contribution in [2.75, 3.05) is 0 Å². The Kier molecular flexibility index (Phi) is 2.27. The molecule has 2 aliphatic heterocycles. The van der Waals surface area contributed by atoms with Crippen LogP contribution in [0.3, 0.4) is 0 Å². The Morgan fingerprint density at radius 2 is 2.07 bits per heavy atom. The van der Waals surface area contributed by atoms with Gasteiger partial charge in [0.2, 0.25) is 5.91 Å². The van der Waals surface area contributed by atoms with E-state index in [1.54, 1.807) is 0 Å².